The number of nitrogens with zero attached hydrogens (tertiary/aromatic N) is 3. The van der Waals surface area contributed by atoms with Crippen LogP contribution < -0.4 is 4.72 Å². The van der Waals surface area contributed by atoms with E-state index in [9.17, 15) is 8.42 Å². The first kappa shape index (κ1) is 15.6. The summed E-state index contributed by atoms with van der Waals surface area (Å²) in [6, 6.07) is 9.40. The first-order chi connectivity index (χ1) is 11.0. The minimum absolute atomic E-state index is 0.0684. The van der Waals surface area contributed by atoms with Crippen molar-refractivity contribution >= 4 is 21.6 Å². The molecule has 0 bridgehead atoms. The highest BCUT2D eigenvalue weighted by Gasteiger charge is 2.16. The summed E-state index contributed by atoms with van der Waals surface area (Å²) in [5, 5.41) is 8.03. The Morgan fingerprint density at radius 1 is 1.13 bits per heavy atom. The minimum atomic E-state index is -3.71. The molecule has 0 atom stereocenters. The number of hydrogen-bond acceptors (Lipinski definition) is 6. The van der Waals surface area contributed by atoms with Crippen molar-refractivity contribution in [3.8, 4) is 11.5 Å². The van der Waals surface area contributed by atoms with Crippen molar-refractivity contribution in [3.63, 3.8) is 0 Å². The second kappa shape index (κ2) is 6.45. The van der Waals surface area contributed by atoms with Gasteiger partial charge in [-0.15, -0.1) is 10.2 Å². The van der Waals surface area contributed by atoms with Gasteiger partial charge < -0.3 is 4.42 Å². The van der Waals surface area contributed by atoms with Crippen LogP contribution >= 0.6 is 11.6 Å². The van der Waals surface area contributed by atoms with Gasteiger partial charge >= 0.3 is 0 Å². The summed E-state index contributed by atoms with van der Waals surface area (Å²) in [7, 11) is -3.71. The lowest BCUT2D eigenvalue weighted by Gasteiger charge is -2.04. The predicted molar refractivity (Wildman–Crippen MR) is 83.0 cm³/mol. The van der Waals surface area contributed by atoms with Gasteiger partial charge in [0.2, 0.25) is 21.8 Å². The van der Waals surface area contributed by atoms with Gasteiger partial charge in [-0.3, -0.25) is 4.98 Å². The van der Waals surface area contributed by atoms with Gasteiger partial charge in [0.25, 0.3) is 0 Å². The standard InChI is InChI=1S/C14H11ClN4O3S/c15-11-2-1-3-12(8-11)23(20,21)17-9-13-18-19-14(22-13)10-4-6-16-7-5-10/h1-8,17H,9H2. The van der Waals surface area contributed by atoms with Crippen LogP contribution in [0.2, 0.25) is 5.02 Å². The van der Waals surface area contributed by atoms with Crippen molar-refractivity contribution in [1.82, 2.24) is 19.9 Å². The third kappa shape index (κ3) is 3.73. The second-order valence-corrected chi connectivity index (χ2v) is 6.72. The number of hydrogen-bond donors (Lipinski definition) is 1. The molecule has 3 aromatic rings. The predicted octanol–water partition coefficient (Wildman–Crippen LogP) is 2.26. The molecule has 7 nitrogen and oxygen atoms in total. The van der Waals surface area contributed by atoms with E-state index in [1.807, 2.05) is 0 Å². The van der Waals surface area contributed by atoms with E-state index in [0.29, 0.717) is 16.5 Å². The van der Waals surface area contributed by atoms with Crippen LogP contribution in [-0.2, 0) is 16.6 Å². The fourth-order valence-corrected chi connectivity index (χ4v) is 3.09. The maximum atomic E-state index is 12.2. The molecule has 0 spiro atoms. The smallest absolute Gasteiger partial charge is 0.247 e. The van der Waals surface area contributed by atoms with Gasteiger partial charge in [-0.05, 0) is 30.3 Å². The zero-order chi connectivity index (χ0) is 16.3. The molecule has 0 fully saturated rings. The lowest BCUT2D eigenvalue weighted by atomic mass is 10.3. The monoisotopic (exact) mass is 350 g/mol. The average molecular weight is 351 g/mol. The van der Waals surface area contributed by atoms with Crippen LogP contribution in [0, 0.1) is 0 Å². The van der Waals surface area contributed by atoms with Gasteiger partial charge in [-0.25, -0.2) is 13.1 Å². The quantitative estimate of drug-likeness (QED) is 0.758. The molecule has 0 aliphatic heterocycles. The van der Waals surface area contributed by atoms with Crippen molar-refractivity contribution in [1.29, 1.82) is 0 Å². The molecule has 0 amide bonds. The SMILES string of the molecule is O=S(=O)(NCc1nnc(-c2ccncc2)o1)c1cccc(Cl)c1. The summed E-state index contributed by atoms with van der Waals surface area (Å²) in [5.41, 5.74) is 0.705. The summed E-state index contributed by atoms with van der Waals surface area (Å²) < 4.78 is 32.1. The maximum Gasteiger partial charge on any atom is 0.247 e. The average Bonchev–Trinajstić information content (AvgIpc) is 3.03. The van der Waals surface area contributed by atoms with Crippen LogP contribution in [0.4, 0.5) is 0 Å². The normalized spacial score (nSPS) is 11.5. The number of nitrogens with one attached hydrogen (secondary N) is 1. The molecular weight excluding hydrogens is 340 g/mol. The molecule has 9 heteroatoms. The molecule has 0 saturated heterocycles. The highest BCUT2D eigenvalue weighted by atomic mass is 35.5. The lowest BCUT2D eigenvalue weighted by molar-refractivity contribution is 0.494. The van der Waals surface area contributed by atoms with Crippen LogP contribution in [-0.4, -0.2) is 23.6 Å². The van der Waals surface area contributed by atoms with Crippen molar-refractivity contribution in [2.45, 2.75) is 11.4 Å². The molecule has 0 unspecified atom stereocenters. The molecule has 1 N–H and O–H groups in total. The Bertz CT molecular complexity index is 913. The second-order valence-electron chi connectivity index (χ2n) is 4.52. The van der Waals surface area contributed by atoms with Gasteiger partial charge in [-0.1, -0.05) is 17.7 Å². The van der Waals surface area contributed by atoms with Gasteiger partial charge in [0.1, 0.15) is 0 Å². The molecule has 2 aromatic heterocycles. The van der Waals surface area contributed by atoms with Gasteiger partial charge in [0.15, 0.2) is 0 Å². The van der Waals surface area contributed by atoms with Crippen LogP contribution in [0.1, 0.15) is 5.89 Å². The summed E-state index contributed by atoms with van der Waals surface area (Å²) in [6.07, 6.45) is 3.20. The highest BCUT2D eigenvalue weighted by molar-refractivity contribution is 7.89. The maximum absolute atomic E-state index is 12.2. The van der Waals surface area contributed by atoms with Crippen LogP contribution in [0.5, 0.6) is 0 Å². The number of aromatic nitrogens is 3. The first-order valence-corrected chi connectivity index (χ1v) is 8.39. The molecule has 0 radical (unpaired) electrons. The summed E-state index contributed by atoms with van der Waals surface area (Å²) in [4.78, 5) is 3.96. The van der Waals surface area contributed by atoms with E-state index in [0.717, 1.165) is 0 Å². The topological polar surface area (TPSA) is 98.0 Å². The van der Waals surface area contributed by atoms with E-state index >= 15 is 0 Å². The van der Waals surface area contributed by atoms with Gasteiger partial charge in [0, 0.05) is 23.0 Å². The lowest BCUT2D eigenvalue weighted by Crippen LogP contribution is -2.23. The van der Waals surface area contributed by atoms with Crippen LogP contribution in [0.25, 0.3) is 11.5 Å². The third-order valence-corrected chi connectivity index (χ3v) is 4.55. The Morgan fingerprint density at radius 2 is 1.91 bits per heavy atom. The van der Waals surface area contributed by atoms with Gasteiger partial charge in [0.05, 0.1) is 11.4 Å². The van der Waals surface area contributed by atoms with E-state index in [-0.39, 0.29) is 17.3 Å². The minimum Gasteiger partial charge on any atom is -0.419 e. The van der Waals surface area contributed by atoms with Crippen molar-refractivity contribution in [3.05, 3.63) is 59.7 Å². The fraction of sp³-hybridized carbons (Fsp3) is 0.0714. The van der Waals surface area contributed by atoms with Crippen LogP contribution in [0.3, 0.4) is 0 Å². The largest absolute Gasteiger partial charge is 0.419 e. The fourth-order valence-electron chi connectivity index (χ4n) is 1.81. The van der Waals surface area contributed by atoms with E-state index in [1.54, 1.807) is 36.7 Å². The number of benzene rings is 1. The first-order valence-electron chi connectivity index (χ1n) is 6.52. The highest BCUT2D eigenvalue weighted by Crippen LogP contribution is 2.18. The molecular formula is C14H11ClN4O3S. The van der Waals surface area contributed by atoms with E-state index in [4.69, 9.17) is 16.0 Å². The molecule has 0 aliphatic rings. The molecule has 0 saturated carbocycles. The zero-order valence-electron chi connectivity index (χ0n) is 11.7. The molecule has 23 heavy (non-hydrogen) atoms. The number of pyridine rings is 1. The summed E-state index contributed by atoms with van der Waals surface area (Å²) in [6.45, 7) is -0.118. The Labute approximate surface area is 137 Å². The molecule has 0 aliphatic carbocycles. The Balaban J connectivity index is 1.73. The van der Waals surface area contributed by atoms with Crippen molar-refractivity contribution in [2.24, 2.45) is 0 Å². The van der Waals surface area contributed by atoms with Crippen molar-refractivity contribution in [2.75, 3.05) is 0 Å². The molecule has 3 rings (SSSR count). The number of sulfonamides is 1. The summed E-state index contributed by atoms with van der Waals surface area (Å²) >= 11 is 5.80. The Morgan fingerprint density at radius 3 is 2.65 bits per heavy atom. The molecule has 2 heterocycles. The van der Waals surface area contributed by atoms with E-state index in [2.05, 4.69) is 19.9 Å². The van der Waals surface area contributed by atoms with E-state index < -0.39 is 10.0 Å². The third-order valence-electron chi connectivity index (χ3n) is 2.91. The van der Waals surface area contributed by atoms with Crippen molar-refractivity contribution < 1.29 is 12.8 Å². The van der Waals surface area contributed by atoms with E-state index in [1.165, 1.54) is 12.1 Å². The number of halogens is 1. The summed E-state index contributed by atoms with van der Waals surface area (Å²) in [5.74, 6) is 0.451. The van der Waals surface area contributed by atoms with Gasteiger partial charge in [-0.2, -0.15) is 0 Å². The van der Waals surface area contributed by atoms with Crippen LogP contribution in [0.15, 0.2) is 58.1 Å². The molecule has 118 valence electrons. The zero-order valence-corrected chi connectivity index (χ0v) is 13.3. The number of rotatable bonds is 5. The Hall–Kier alpha value is -2.29. The Kier molecular flexibility index (Phi) is 4.37. The molecule has 1 aromatic carbocycles.